The van der Waals surface area contributed by atoms with Crippen LogP contribution in [0.1, 0.15) is 68.3 Å². The summed E-state index contributed by atoms with van der Waals surface area (Å²) in [4.78, 5) is 57.0. The zero-order chi connectivity index (χ0) is 34.5. The molecule has 0 bridgehead atoms. The van der Waals surface area contributed by atoms with Crippen molar-refractivity contribution in [3.05, 3.63) is 65.7 Å². The van der Waals surface area contributed by atoms with Crippen LogP contribution in [0, 0.1) is 0 Å². The molecule has 4 heterocycles. The average Bonchev–Trinajstić information content (AvgIpc) is 3.18. The predicted molar refractivity (Wildman–Crippen MR) is 188 cm³/mol. The molecule has 1 atom stereocenters. The van der Waals surface area contributed by atoms with Gasteiger partial charge in [0.2, 0.25) is 21.8 Å². The lowest BCUT2D eigenvalue weighted by atomic mass is 9.93. The lowest BCUT2D eigenvalue weighted by Gasteiger charge is -2.41. The molecular weight excluding hydrogens is 644 g/mol. The van der Waals surface area contributed by atoms with Gasteiger partial charge < -0.3 is 15.1 Å². The number of hydrogen-bond acceptors (Lipinski definition) is 7. The Morgan fingerprint density at radius 1 is 0.918 bits per heavy atom. The number of anilines is 3. The van der Waals surface area contributed by atoms with Crippen LogP contribution < -0.4 is 20.4 Å². The fraction of sp³-hybridized carbons (Fsp3) is 0.444. The number of carbonyl (C=O) groups is 4. The summed E-state index contributed by atoms with van der Waals surface area (Å²) in [5, 5.41) is 7.04. The van der Waals surface area contributed by atoms with Gasteiger partial charge in [-0.3, -0.25) is 24.6 Å². The van der Waals surface area contributed by atoms with Gasteiger partial charge >= 0.3 is 6.03 Å². The molecular formula is C36H42N6O6S. The van der Waals surface area contributed by atoms with Crippen LogP contribution in [0.2, 0.25) is 0 Å². The largest absolute Gasteiger partial charge is 0.369 e. The first-order valence-electron chi connectivity index (χ1n) is 17.1. The maximum absolute atomic E-state index is 13.6. The third-order valence-corrected chi connectivity index (χ3v) is 12.3. The molecule has 3 aromatic rings. The number of nitrogens with zero attached hydrogens (tertiary/aromatic N) is 4. The lowest BCUT2D eigenvalue weighted by Crippen LogP contribution is -2.53. The highest BCUT2D eigenvalue weighted by atomic mass is 32.2. The Hall–Kier alpha value is -4.49. The Bertz CT molecular complexity index is 1960. The van der Waals surface area contributed by atoms with Crippen LogP contribution in [0.25, 0.3) is 10.8 Å². The number of benzene rings is 3. The molecule has 1 unspecified atom stereocenters. The first-order chi connectivity index (χ1) is 23.4. The Morgan fingerprint density at radius 2 is 1.73 bits per heavy atom. The van der Waals surface area contributed by atoms with Gasteiger partial charge in [-0.15, -0.1) is 0 Å². The highest BCUT2D eigenvalue weighted by molar-refractivity contribution is 7.88. The van der Waals surface area contributed by atoms with Gasteiger partial charge in [-0.25, -0.2) is 13.2 Å². The van der Waals surface area contributed by atoms with Crippen LogP contribution in [0.4, 0.5) is 21.9 Å². The van der Waals surface area contributed by atoms with Crippen molar-refractivity contribution in [3.63, 3.8) is 0 Å². The average molecular weight is 687 g/mol. The van der Waals surface area contributed by atoms with Crippen molar-refractivity contribution in [1.82, 2.24) is 14.5 Å². The molecule has 0 radical (unpaired) electrons. The normalized spacial score (nSPS) is 21.6. The fourth-order valence-electron chi connectivity index (χ4n) is 7.85. The van der Waals surface area contributed by atoms with E-state index in [0.29, 0.717) is 55.2 Å². The van der Waals surface area contributed by atoms with E-state index < -0.39 is 27.5 Å². The minimum atomic E-state index is -3.53. The first kappa shape index (κ1) is 33.0. The summed E-state index contributed by atoms with van der Waals surface area (Å²) in [6, 6.07) is 15.5. The zero-order valence-corrected chi connectivity index (χ0v) is 28.7. The molecule has 3 saturated heterocycles. The molecule has 13 heteroatoms. The molecule has 258 valence electrons. The summed E-state index contributed by atoms with van der Waals surface area (Å²) >= 11 is 0. The zero-order valence-electron chi connectivity index (χ0n) is 27.9. The van der Waals surface area contributed by atoms with Crippen LogP contribution in [0.3, 0.4) is 0 Å². The van der Waals surface area contributed by atoms with Crippen LogP contribution in [0.5, 0.6) is 0 Å². The smallest absolute Gasteiger partial charge is 0.321 e. The second-order valence-electron chi connectivity index (χ2n) is 14.0. The van der Waals surface area contributed by atoms with Crippen molar-refractivity contribution in [1.29, 1.82) is 0 Å². The van der Waals surface area contributed by atoms with E-state index >= 15 is 0 Å². The summed E-state index contributed by atoms with van der Waals surface area (Å²) in [5.41, 5.74) is 2.91. The SMILES string of the molecule is CC1(C)CCCCN1S(=O)(=O)Cc1cccc(NC(=O)N2CCCN(c3ccc4c5c(cccc35)N(C3CCC(=O)NC3=O)C4=O)CC2)c1. The van der Waals surface area contributed by atoms with Gasteiger partial charge in [0.1, 0.15) is 6.04 Å². The number of piperidine rings is 2. The molecule has 12 nitrogen and oxygen atoms in total. The topological polar surface area (TPSA) is 139 Å². The van der Waals surface area contributed by atoms with Crippen molar-refractivity contribution in [2.24, 2.45) is 0 Å². The Kier molecular flexibility index (Phi) is 8.60. The van der Waals surface area contributed by atoms with Gasteiger partial charge in [0.25, 0.3) is 5.91 Å². The second-order valence-corrected chi connectivity index (χ2v) is 15.9. The standard InChI is InChI=1S/C36H42N6O6S/c1-36(2)16-3-4-19-41(36)49(47,48)23-24-8-5-9-25(22-24)37-35(46)40-18-7-17-39(20-21-40)28-13-12-27-32-26(28)10-6-11-29(32)42(34(27)45)30-14-15-31(43)38-33(30)44/h5-6,8-13,22,30H,3-4,7,14-21,23H2,1-2H3,(H,37,46)(H,38,43,44). The third kappa shape index (κ3) is 6.25. The number of amides is 5. The number of nitrogens with one attached hydrogen (secondary N) is 2. The number of urea groups is 1. The van der Waals surface area contributed by atoms with Gasteiger partial charge in [0, 0.05) is 66.8 Å². The molecule has 2 N–H and O–H groups in total. The van der Waals surface area contributed by atoms with Gasteiger partial charge in [-0.2, -0.15) is 4.31 Å². The quantitative estimate of drug-likeness (QED) is 0.366. The number of hydrogen-bond donors (Lipinski definition) is 2. The third-order valence-electron chi connectivity index (χ3n) is 10.3. The lowest BCUT2D eigenvalue weighted by molar-refractivity contribution is -0.134. The van der Waals surface area contributed by atoms with Crippen molar-refractivity contribution >= 4 is 61.6 Å². The predicted octanol–water partition coefficient (Wildman–Crippen LogP) is 4.44. The highest BCUT2D eigenvalue weighted by Crippen LogP contribution is 2.43. The van der Waals surface area contributed by atoms with Crippen LogP contribution in [0.15, 0.2) is 54.6 Å². The summed E-state index contributed by atoms with van der Waals surface area (Å²) in [6.07, 6.45) is 3.89. The molecule has 4 aliphatic rings. The molecule has 49 heavy (non-hydrogen) atoms. The Balaban J connectivity index is 1.04. The number of imide groups is 1. The minimum Gasteiger partial charge on any atom is -0.369 e. The molecule has 0 saturated carbocycles. The molecule has 0 aromatic heterocycles. The Labute approximate surface area is 286 Å². The van der Waals surface area contributed by atoms with E-state index in [0.717, 1.165) is 42.1 Å². The van der Waals surface area contributed by atoms with Crippen LogP contribution in [-0.2, 0) is 25.4 Å². The molecule has 4 aliphatic heterocycles. The van der Waals surface area contributed by atoms with Crippen molar-refractivity contribution in [2.45, 2.75) is 69.7 Å². The van der Waals surface area contributed by atoms with Crippen LogP contribution >= 0.6 is 0 Å². The number of rotatable bonds is 6. The maximum Gasteiger partial charge on any atom is 0.321 e. The monoisotopic (exact) mass is 686 g/mol. The van der Waals surface area contributed by atoms with E-state index in [-0.39, 0.29) is 36.4 Å². The van der Waals surface area contributed by atoms with Crippen molar-refractivity contribution in [3.8, 4) is 0 Å². The molecule has 0 spiro atoms. The van der Waals surface area contributed by atoms with Gasteiger partial charge in [0.05, 0.1) is 17.0 Å². The number of carbonyl (C=O) groups excluding carboxylic acids is 4. The summed E-state index contributed by atoms with van der Waals surface area (Å²) in [5.74, 6) is -1.16. The molecule has 3 aromatic carbocycles. The summed E-state index contributed by atoms with van der Waals surface area (Å²) in [6.45, 7) is 6.77. The molecule has 0 aliphatic carbocycles. The van der Waals surface area contributed by atoms with Gasteiger partial charge in [0.15, 0.2) is 0 Å². The van der Waals surface area contributed by atoms with E-state index in [1.54, 1.807) is 33.5 Å². The van der Waals surface area contributed by atoms with Gasteiger partial charge in [-0.05, 0) is 75.4 Å². The van der Waals surface area contributed by atoms with E-state index in [9.17, 15) is 27.6 Å². The van der Waals surface area contributed by atoms with Crippen molar-refractivity contribution in [2.75, 3.05) is 47.8 Å². The summed E-state index contributed by atoms with van der Waals surface area (Å²) < 4.78 is 28.4. The molecule has 5 amide bonds. The van der Waals surface area contributed by atoms with E-state index in [1.165, 1.54) is 4.90 Å². The summed E-state index contributed by atoms with van der Waals surface area (Å²) in [7, 11) is -3.53. The molecule has 3 fully saturated rings. The van der Waals surface area contributed by atoms with E-state index in [2.05, 4.69) is 15.5 Å². The molecule has 7 rings (SSSR count). The van der Waals surface area contributed by atoms with E-state index in [1.807, 2.05) is 44.2 Å². The minimum absolute atomic E-state index is 0.121. The number of sulfonamides is 1. The maximum atomic E-state index is 13.6. The Morgan fingerprint density at radius 3 is 2.53 bits per heavy atom. The fourth-order valence-corrected chi connectivity index (χ4v) is 9.86. The second kappa shape index (κ2) is 12.8. The van der Waals surface area contributed by atoms with Crippen LogP contribution in [-0.4, -0.2) is 85.7 Å². The first-order valence-corrected chi connectivity index (χ1v) is 18.7. The van der Waals surface area contributed by atoms with Gasteiger partial charge in [-0.1, -0.05) is 30.7 Å². The highest BCUT2D eigenvalue weighted by Gasteiger charge is 2.41. The van der Waals surface area contributed by atoms with Crippen molar-refractivity contribution < 1.29 is 27.6 Å². The van der Waals surface area contributed by atoms with E-state index in [4.69, 9.17) is 0 Å².